The van der Waals surface area contributed by atoms with Gasteiger partial charge in [-0.05, 0) is 72.4 Å². The molecule has 0 spiro atoms. The number of unbranched alkanes of at least 4 members (excludes halogenated alkanes) is 2. The Morgan fingerprint density at radius 2 is 1.61 bits per heavy atom. The summed E-state index contributed by atoms with van der Waals surface area (Å²) < 4.78 is 5.78. The van der Waals surface area contributed by atoms with Gasteiger partial charge in [-0.15, -0.1) is 0 Å². The molecule has 1 amide bonds. The van der Waals surface area contributed by atoms with Crippen LogP contribution >= 0.6 is 0 Å². The highest BCUT2D eigenvalue weighted by molar-refractivity contribution is 5.94. The van der Waals surface area contributed by atoms with Crippen LogP contribution in [0.4, 0.5) is 5.69 Å². The van der Waals surface area contributed by atoms with Gasteiger partial charge in [0.25, 0.3) is 0 Å². The summed E-state index contributed by atoms with van der Waals surface area (Å²) in [5.74, 6) is 0.592. The highest BCUT2D eigenvalue weighted by Crippen LogP contribution is 2.16. The molecule has 2 aromatic carbocycles. The zero-order valence-corrected chi connectivity index (χ0v) is 18.1. The molecule has 162 valence electrons. The summed E-state index contributed by atoms with van der Waals surface area (Å²) in [4.78, 5) is 16.5. The normalized spacial score (nSPS) is 11.7. The molecule has 3 N–H and O–H groups in total. The molecule has 0 aliphatic carbocycles. The van der Waals surface area contributed by atoms with E-state index in [0.29, 0.717) is 13.0 Å². The molecule has 0 fully saturated rings. The number of nitrogens with two attached hydrogens (primary N) is 1. The number of aryl methyl sites for hydroxylation is 1. The maximum atomic E-state index is 12.5. The van der Waals surface area contributed by atoms with Crippen LogP contribution in [-0.2, 0) is 24.2 Å². The number of aromatic nitrogens is 1. The second-order valence-corrected chi connectivity index (χ2v) is 7.74. The van der Waals surface area contributed by atoms with E-state index in [9.17, 15) is 4.79 Å². The molecule has 1 heterocycles. The van der Waals surface area contributed by atoms with E-state index in [0.717, 1.165) is 29.0 Å². The van der Waals surface area contributed by atoms with Gasteiger partial charge in [-0.2, -0.15) is 0 Å². The highest BCUT2D eigenvalue weighted by Gasteiger charge is 2.14. The van der Waals surface area contributed by atoms with Crippen LogP contribution in [0.3, 0.4) is 0 Å². The Kier molecular flexibility index (Phi) is 8.61. The number of carbonyl (C=O) groups excluding carboxylic acids is 1. The van der Waals surface area contributed by atoms with E-state index in [4.69, 9.17) is 10.5 Å². The van der Waals surface area contributed by atoms with Crippen LogP contribution in [-0.4, -0.2) is 16.9 Å². The predicted octanol–water partition coefficient (Wildman–Crippen LogP) is 4.90. The van der Waals surface area contributed by atoms with Crippen LogP contribution in [0, 0.1) is 0 Å². The van der Waals surface area contributed by atoms with Crippen molar-refractivity contribution < 1.29 is 9.53 Å². The second kappa shape index (κ2) is 11.9. The van der Waals surface area contributed by atoms with E-state index in [-0.39, 0.29) is 5.91 Å². The third-order valence-electron chi connectivity index (χ3n) is 5.16. The SMILES string of the molecule is CCCCCc1ccc(NC(=O)[C@@H](N)Cc2ccc(OCc3ccncc3)cc2)cc1. The van der Waals surface area contributed by atoms with Crippen molar-refractivity contribution in [2.75, 3.05) is 5.32 Å². The number of ether oxygens (including phenoxy) is 1. The highest BCUT2D eigenvalue weighted by atomic mass is 16.5. The number of hydrogen-bond acceptors (Lipinski definition) is 4. The van der Waals surface area contributed by atoms with Crippen molar-refractivity contribution in [1.29, 1.82) is 0 Å². The summed E-state index contributed by atoms with van der Waals surface area (Å²) in [6.45, 7) is 2.69. The molecule has 1 atom stereocenters. The first-order chi connectivity index (χ1) is 15.1. The van der Waals surface area contributed by atoms with Crippen molar-refractivity contribution >= 4 is 11.6 Å². The smallest absolute Gasteiger partial charge is 0.241 e. The van der Waals surface area contributed by atoms with Crippen LogP contribution < -0.4 is 15.8 Å². The number of pyridine rings is 1. The Morgan fingerprint density at radius 1 is 0.935 bits per heavy atom. The molecule has 3 aromatic rings. The van der Waals surface area contributed by atoms with E-state index in [2.05, 4.69) is 29.4 Å². The number of hydrogen-bond donors (Lipinski definition) is 2. The molecule has 0 radical (unpaired) electrons. The van der Waals surface area contributed by atoms with Crippen LogP contribution in [0.5, 0.6) is 5.75 Å². The predicted molar refractivity (Wildman–Crippen MR) is 125 cm³/mol. The average molecular weight is 418 g/mol. The number of amides is 1. The van der Waals surface area contributed by atoms with Gasteiger partial charge in [-0.3, -0.25) is 9.78 Å². The van der Waals surface area contributed by atoms with Gasteiger partial charge in [-0.25, -0.2) is 0 Å². The summed E-state index contributed by atoms with van der Waals surface area (Å²) in [6, 6.07) is 19.0. The Morgan fingerprint density at radius 3 is 2.29 bits per heavy atom. The van der Waals surface area contributed by atoms with Gasteiger partial charge in [-0.1, -0.05) is 44.0 Å². The lowest BCUT2D eigenvalue weighted by Gasteiger charge is -2.13. The minimum Gasteiger partial charge on any atom is -0.489 e. The lowest BCUT2D eigenvalue weighted by molar-refractivity contribution is -0.117. The van der Waals surface area contributed by atoms with Gasteiger partial charge in [0, 0.05) is 18.1 Å². The molecule has 0 aliphatic heterocycles. The first-order valence-electron chi connectivity index (χ1n) is 10.9. The topological polar surface area (TPSA) is 77.2 Å². The molecule has 3 rings (SSSR count). The molecule has 0 unspecified atom stereocenters. The van der Waals surface area contributed by atoms with E-state index in [1.165, 1.54) is 24.8 Å². The number of carbonyl (C=O) groups is 1. The maximum Gasteiger partial charge on any atom is 0.241 e. The number of rotatable bonds is 11. The Bertz CT molecular complexity index is 925. The first kappa shape index (κ1) is 22.5. The third kappa shape index (κ3) is 7.54. The Balaban J connectivity index is 1.45. The minimum absolute atomic E-state index is 0.184. The molecule has 0 bridgehead atoms. The number of anilines is 1. The van der Waals surface area contributed by atoms with E-state index in [1.807, 2.05) is 48.5 Å². The molecule has 0 saturated heterocycles. The largest absolute Gasteiger partial charge is 0.489 e. The van der Waals surface area contributed by atoms with Gasteiger partial charge in [0.2, 0.25) is 5.91 Å². The molecule has 5 nitrogen and oxygen atoms in total. The van der Waals surface area contributed by atoms with Gasteiger partial charge in [0.1, 0.15) is 12.4 Å². The quantitative estimate of drug-likeness (QED) is 0.435. The Labute approximate surface area is 184 Å². The fourth-order valence-corrected chi connectivity index (χ4v) is 3.28. The van der Waals surface area contributed by atoms with Gasteiger partial charge >= 0.3 is 0 Å². The zero-order valence-electron chi connectivity index (χ0n) is 18.1. The molecule has 1 aromatic heterocycles. The van der Waals surface area contributed by atoms with Gasteiger partial charge < -0.3 is 15.8 Å². The molecular formula is C26H31N3O2. The van der Waals surface area contributed by atoms with E-state index in [1.54, 1.807) is 12.4 Å². The number of nitrogens with one attached hydrogen (secondary N) is 1. The van der Waals surface area contributed by atoms with Crippen molar-refractivity contribution in [2.24, 2.45) is 5.73 Å². The van der Waals surface area contributed by atoms with Crippen LogP contribution in [0.25, 0.3) is 0 Å². The summed E-state index contributed by atoms with van der Waals surface area (Å²) in [5.41, 5.74) is 10.3. The van der Waals surface area contributed by atoms with Crippen molar-refractivity contribution in [3.05, 3.63) is 89.7 Å². The van der Waals surface area contributed by atoms with Gasteiger partial charge in [0.05, 0.1) is 6.04 Å². The van der Waals surface area contributed by atoms with Crippen molar-refractivity contribution in [2.45, 2.75) is 51.7 Å². The summed E-state index contributed by atoms with van der Waals surface area (Å²) in [5, 5.41) is 2.91. The van der Waals surface area contributed by atoms with Gasteiger partial charge in [0.15, 0.2) is 0 Å². The van der Waals surface area contributed by atoms with Crippen LogP contribution in [0.2, 0.25) is 0 Å². The fourth-order valence-electron chi connectivity index (χ4n) is 3.28. The Hall–Kier alpha value is -3.18. The van der Waals surface area contributed by atoms with Crippen molar-refractivity contribution in [3.63, 3.8) is 0 Å². The molecule has 0 saturated carbocycles. The average Bonchev–Trinajstić information content (AvgIpc) is 2.80. The summed E-state index contributed by atoms with van der Waals surface area (Å²) in [6.07, 6.45) is 8.68. The van der Waals surface area contributed by atoms with Crippen molar-refractivity contribution in [3.8, 4) is 5.75 Å². The minimum atomic E-state index is -0.618. The molecule has 31 heavy (non-hydrogen) atoms. The van der Waals surface area contributed by atoms with E-state index >= 15 is 0 Å². The molecular weight excluding hydrogens is 386 g/mol. The lowest BCUT2D eigenvalue weighted by atomic mass is 10.1. The van der Waals surface area contributed by atoms with Crippen molar-refractivity contribution in [1.82, 2.24) is 4.98 Å². The van der Waals surface area contributed by atoms with Crippen LogP contribution in [0.1, 0.15) is 42.9 Å². The monoisotopic (exact) mass is 417 g/mol. The first-order valence-corrected chi connectivity index (χ1v) is 10.9. The van der Waals surface area contributed by atoms with E-state index < -0.39 is 6.04 Å². The maximum absolute atomic E-state index is 12.5. The third-order valence-corrected chi connectivity index (χ3v) is 5.16. The molecule has 5 heteroatoms. The van der Waals surface area contributed by atoms with Crippen LogP contribution in [0.15, 0.2) is 73.1 Å². The summed E-state index contributed by atoms with van der Waals surface area (Å²) in [7, 11) is 0. The number of benzene rings is 2. The molecule has 0 aliphatic rings. The fraction of sp³-hybridized carbons (Fsp3) is 0.308. The standard InChI is InChI=1S/C26H31N3O2/c1-2-3-4-5-20-6-10-23(11-7-20)29-26(30)25(27)18-21-8-12-24(13-9-21)31-19-22-14-16-28-17-15-22/h6-17,25H,2-5,18-19,27H2,1H3,(H,29,30)/t25-/m0/s1. The lowest BCUT2D eigenvalue weighted by Crippen LogP contribution is -2.37. The zero-order chi connectivity index (χ0) is 21.9. The number of nitrogens with zero attached hydrogens (tertiary/aromatic N) is 1. The second-order valence-electron chi connectivity index (χ2n) is 7.74. The summed E-state index contributed by atoms with van der Waals surface area (Å²) >= 11 is 0.